The summed E-state index contributed by atoms with van der Waals surface area (Å²) >= 11 is 0. The summed E-state index contributed by atoms with van der Waals surface area (Å²) in [6, 6.07) is 5.44. The summed E-state index contributed by atoms with van der Waals surface area (Å²) in [6.45, 7) is 11.9. The summed E-state index contributed by atoms with van der Waals surface area (Å²) in [5, 5.41) is 1.01. The number of rotatable bonds is 4. The van der Waals surface area contributed by atoms with Gasteiger partial charge in [-0.3, -0.25) is 4.79 Å². The fraction of sp³-hybridized carbons (Fsp3) is 0.500. The number of hydrogen-bond donors (Lipinski definition) is 1. The monoisotopic (exact) mass is 357 g/mol. The normalized spacial score (nSPS) is 16.7. The van der Waals surface area contributed by atoms with E-state index in [4.69, 9.17) is 4.74 Å². The van der Waals surface area contributed by atoms with Crippen LogP contribution in [0.5, 0.6) is 0 Å². The van der Waals surface area contributed by atoms with E-state index in [1.807, 2.05) is 26.0 Å². The number of hydrogen-bond acceptors (Lipinski definition) is 4. The molecule has 1 amide bonds. The number of likely N-dealkylation sites (N-methyl/N-ethyl adjacent to an activating group) is 1. The van der Waals surface area contributed by atoms with E-state index in [0.717, 1.165) is 41.8 Å². The fourth-order valence-corrected chi connectivity index (χ4v) is 3.41. The van der Waals surface area contributed by atoms with Gasteiger partial charge >= 0.3 is 5.97 Å². The number of carbonyl (C=O) groups is 2. The van der Waals surface area contributed by atoms with Crippen molar-refractivity contribution in [2.75, 3.05) is 32.7 Å². The lowest BCUT2D eigenvalue weighted by Crippen LogP contribution is -2.51. The van der Waals surface area contributed by atoms with E-state index in [1.54, 1.807) is 17.9 Å². The zero-order valence-electron chi connectivity index (χ0n) is 16.0. The Hall–Kier alpha value is -2.34. The number of piperazine rings is 1. The molecule has 1 N–H and O–H groups in total. The van der Waals surface area contributed by atoms with Crippen LogP contribution in [0.4, 0.5) is 0 Å². The van der Waals surface area contributed by atoms with Gasteiger partial charge in [-0.1, -0.05) is 6.92 Å². The number of H-pyrrole nitrogens is 1. The van der Waals surface area contributed by atoms with Crippen LogP contribution in [0.2, 0.25) is 0 Å². The number of esters is 1. The average Bonchev–Trinajstić information content (AvgIpc) is 2.94. The Kier molecular flexibility index (Phi) is 5.32. The predicted octanol–water partition coefficient (Wildman–Crippen LogP) is 2.49. The third-order valence-corrected chi connectivity index (χ3v) is 5.31. The first-order valence-electron chi connectivity index (χ1n) is 9.21. The number of carbonyl (C=O) groups excluding carboxylic acids is 2. The molecule has 1 fully saturated rings. The molecule has 1 aromatic carbocycles. The van der Waals surface area contributed by atoms with Crippen LogP contribution in [0.15, 0.2) is 18.2 Å². The molecular weight excluding hydrogens is 330 g/mol. The van der Waals surface area contributed by atoms with Gasteiger partial charge in [-0.2, -0.15) is 0 Å². The Bertz CT molecular complexity index is 819. The molecule has 6 heteroatoms. The minimum Gasteiger partial charge on any atom is -0.449 e. The largest absolute Gasteiger partial charge is 0.449 e. The van der Waals surface area contributed by atoms with Crippen LogP contribution in [0.25, 0.3) is 10.9 Å². The Labute approximate surface area is 154 Å². The molecule has 1 atom stereocenters. The molecule has 1 aliphatic heterocycles. The van der Waals surface area contributed by atoms with E-state index in [2.05, 4.69) is 16.8 Å². The number of aromatic nitrogens is 1. The number of benzene rings is 1. The Morgan fingerprint density at radius 1 is 1.19 bits per heavy atom. The summed E-state index contributed by atoms with van der Waals surface area (Å²) in [5.41, 5.74) is 3.66. The van der Waals surface area contributed by atoms with E-state index in [-0.39, 0.29) is 5.91 Å². The molecule has 1 unspecified atom stereocenters. The zero-order chi connectivity index (χ0) is 18.8. The van der Waals surface area contributed by atoms with Crippen molar-refractivity contribution in [3.63, 3.8) is 0 Å². The molecular formula is C20H27N3O3. The summed E-state index contributed by atoms with van der Waals surface area (Å²) in [7, 11) is 0. The molecule has 0 bridgehead atoms. The predicted molar refractivity (Wildman–Crippen MR) is 101 cm³/mol. The van der Waals surface area contributed by atoms with Crippen LogP contribution in [0.1, 0.15) is 35.5 Å². The summed E-state index contributed by atoms with van der Waals surface area (Å²) in [4.78, 5) is 32.4. The highest BCUT2D eigenvalue weighted by molar-refractivity contribution is 5.97. The van der Waals surface area contributed by atoms with E-state index < -0.39 is 12.1 Å². The SMILES string of the molecule is CCN1CCN(C(=O)C(C)OC(=O)c2ccc3[nH]c(C)c(C)c3c2)CC1. The first-order chi connectivity index (χ1) is 12.4. The third kappa shape index (κ3) is 3.60. The van der Waals surface area contributed by atoms with E-state index >= 15 is 0 Å². The molecule has 1 aliphatic rings. The topological polar surface area (TPSA) is 65.6 Å². The number of fused-ring (bicyclic) bond motifs is 1. The maximum Gasteiger partial charge on any atom is 0.338 e. The smallest absolute Gasteiger partial charge is 0.338 e. The standard InChI is InChI=1S/C20H27N3O3/c1-5-22-8-10-23(11-9-22)19(24)15(4)26-20(25)16-6-7-18-17(12-16)13(2)14(3)21-18/h6-7,12,15,21H,5,8-11H2,1-4H3. The molecule has 3 rings (SSSR count). The lowest BCUT2D eigenvalue weighted by atomic mass is 10.1. The van der Waals surface area contributed by atoms with Gasteiger partial charge in [0.25, 0.3) is 5.91 Å². The number of ether oxygens (including phenoxy) is 1. The quantitative estimate of drug-likeness (QED) is 0.854. The van der Waals surface area contributed by atoms with Crippen LogP contribution in [0, 0.1) is 13.8 Å². The van der Waals surface area contributed by atoms with Crippen molar-refractivity contribution in [2.45, 2.75) is 33.8 Å². The van der Waals surface area contributed by atoms with Crippen molar-refractivity contribution in [1.29, 1.82) is 0 Å². The van der Waals surface area contributed by atoms with Gasteiger partial charge in [-0.15, -0.1) is 0 Å². The van der Waals surface area contributed by atoms with Gasteiger partial charge in [-0.05, 0) is 51.1 Å². The van der Waals surface area contributed by atoms with Crippen LogP contribution < -0.4 is 0 Å². The molecule has 1 saturated heterocycles. The summed E-state index contributed by atoms with van der Waals surface area (Å²) in [5.74, 6) is -0.581. The van der Waals surface area contributed by atoms with Gasteiger partial charge in [0, 0.05) is 42.8 Å². The Balaban J connectivity index is 1.65. The minimum atomic E-state index is -0.777. The third-order valence-electron chi connectivity index (χ3n) is 5.31. The van der Waals surface area contributed by atoms with Crippen molar-refractivity contribution in [3.8, 4) is 0 Å². The zero-order valence-corrected chi connectivity index (χ0v) is 16.0. The highest BCUT2D eigenvalue weighted by Crippen LogP contribution is 2.23. The van der Waals surface area contributed by atoms with Gasteiger partial charge in [0.05, 0.1) is 5.56 Å². The fourth-order valence-electron chi connectivity index (χ4n) is 3.41. The maximum atomic E-state index is 12.6. The first-order valence-corrected chi connectivity index (χ1v) is 9.21. The van der Waals surface area contributed by atoms with E-state index in [9.17, 15) is 9.59 Å². The van der Waals surface area contributed by atoms with Crippen LogP contribution >= 0.6 is 0 Å². The lowest BCUT2D eigenvalue weighted by molar-refractivity contribution is -0.141. The highest BCUT2D eigenvalue weighted by atomic mass is 16.5. The van der Waals surface area contributed by atoms with Gasteiger partial charge in [0.15, 0.2) is 6.10 Å². The maximum absolute atomic E-state index is 12.6. The van der Waals surface area contributed by atoms with Gasteiger partial charge in [-0.25, -0.2) is 4.79 Å². The Morgan fingerprint density at radius 3 is 2.54 bits per heavy atom. The van der Waals surface area contributed by atoms with Crippen molar-refractivity contribution < 1.29 is 14.3 Å². The van der Waals surface area contributed by atoms with Crippen molar-refractivity contribution in [2.24, 2.45) is 0 Å². The van der Waals surface area contributed by atoms with E-state index in [0.29, 0.717) is 18.7 Å². The Morgan fingerprint density at radius 2 is 1.88 bits per heavy atom. The highest BCUT2D eigenvalue weighted by Gasteiger charge is 2.27. The van der Waals surface area contributed by atoms with Crippen LogP contribution in [0.3, 0.4) is 0 Å². The molecule has 0 aliphatic carbocycles. The van der Waals surface area contributed by atoms with Gasteiger partial charge < -0.3 is 19.5 Å². The van der Waals surface area contributed by atoms with Crippen LogP contribution in [-0.2, 0) is 9.53 Å². The van der Waals surface area contributed by atoms with Crippen LogP contribution in [-0.4, -0.2) is 65.5 Å². The molecule has 0 spiro atoms. The second-order valence-electron chi connectivity index (χ2n) is 6.94. The second-order valence-corrected chi connectivity index (χ2v) is 6.94. The van der Waals surface area contributed by atoms with Crippen molar-refractivity contribution >= 4 is 22.8 Å². The number of amides is 1. The van der Waals surface area contributed by atoms with E-state index in [1.165, 1.54) is 0 Å². The minimum absolute atomic E-state index is 0.121. The molecule has 26 heavy (non-hydrogen) atoms. The lowest BCUT2D eigenvalue weighted by Gasteiger charge is -2.35. The molecule has 0 radical (unpaired) electrons. The number of aromatic amines is 1. The summed E-state index contributed by atoms with van der Waals surface area (Å²) in [6.07, 6.45) is -0.777. The molecule has 2 aromatic rings. The molecule has 1 aromatic heterocycles. The number of nitrogens with zero attached hydrogens (tertiary/aromatic N) is 2. The van der Waals surface area contributed by atoms with Gasteiger partial charge in [0.1, 0.15) is 0 Å². The number of nitrogens with one attached hydrogen (secondary N) is 1. The molecule has 6 nitrogen and oxygen atoms in total. The molecule has 140 valence electrons. The van der Waals surface area contributed by atoms with Crippen molar-refractivity contribution in [3.05, 3.63) is 35.0 Å². The second kappa shape index (κ2) is 7.50. The summed E-state index contributed by atoms with van der Waals surface area (Å²) < 4.78 is 5.45. The molecule has 2 heterocycles. The van der Waals surface area contributed by atoms with Crippen molar-refractivity contribution in [1.82, 2.24) is 14.8 Å². The first kappa shape index (κ1) is 18.5. The number of aryl methyl sites for hydroxylation is 2. The molecule has 0 saturated carbocycles. The average molecular weight is 357 g/mol. The van der Waals surface area contributed by atoms with Gasteiger partial charge in [0.2, 0.25) is 0 Å².